The molecule has 1 aromatic rings. The Bertz CT molecular complexity index is 924. The van der Waals surface area contributed by atoms with Gasteiger partial charge in [-0.25, -0.2) is 13.2 Å². The number of aromatic nitrogens is 1. The molecular formula is C22H35N5O4S. The van der Waals surface area contributed by atoms with Gasteiger partial charge in [-0.15, -0.1) is 0 Å². The fourth-order valence-corrected chi connectivity index (χ4v) is 6.52. The van der Waals surface area contributed by atoms with Gasteiger partial charge in [-0.05, 0) is 31.7 Å². The highest BCUT2D eigenvalue weighted by Crippen LogP contribution is 2.23. The van der Waals surface area contributed by atoms with Gasteiger partial charge >= 0.3 is 6.03 Å². The number of carbonyl (C=O) groups is 2. The Hall–Kier alpha value is -2.07. The number of aryl methyl sites for hydroxylation is 1. The van der Waals surface area contributed by atoms with Crippen LogP contribution in [0.3, 0.4) is 0 Å². The number of carbonyl (C=O) groups excluding carboxylic acids is 2. The van der Waals surface area contributed by atoms with Gasteiger partial charge in [-0.2, -0.15) is 4.31 Å². The summed E-state index contributed by atoms with van der Waals surface area (Å²) in [4.78, 5) is 29.3. The number of sulfonamides is 1. The monoisotopic (exact) mass is 465 g/mol. The highest BCUT2D eigenvalue weighted by molar-refractivity contribution is 7.89. The fourth-order valence-electron chi connectivity index (χ4n) is 4.93. The molecule has 3 aliphatic rings. The number of rotatable bonds is 4. The van der Waals surface area contributed by atoms with E-state index >= 15 is 0 Å². The summed E-state index contributed by atoms with van der Waals surface area (Å²) in [6.45, 7) is 2.91. The number of nitrogens with one attached hydrogen (secondary N) is 1. The van der Waals surface area contributed by atoms with Gasteiger partial charge in [-0.3, -0.25) is 4.79 Å². The van der Waals surface area contributed by atoms with E-state index in [0.717, 1.165) is 32.1 Å². The maximum atomic E-state index is 13.1. The maximum Gasteiger partial charge on any atom is 0.317 e. The van der Waals surface area contributed by atoms with Gasteiger partial charge in [0.05, 0.1) is 0 Å². The van der Waals surface area contributed by atoms with Crippen LogP contribution in [-0.2, 0) is 17.1 Å². The Kier molecular flexibility index (Phi) is 7.09. The van der Waals surface area contributed by atoms with E-state index in [1.54, 1.807) is 21.4 Å². The van der Waals surface area contributed by atoms with Gasteiger partial charge in [0.25, 0.3) is 5.91 Å². The minimum absolute atomic E-state index is 0.0437. The molecule has 0 spiro atoms. The minimum Gasteiger partial charge on any atom is -0.345 e. The first-order valence-electron chi connectivity index (χ1n) is 11.9. The van der Waals surface area contributed by atoms with E-state index in [0.29, 0.717) is 45.0 Å². The molecule has 9 nitrogen and oxygen atoms in total. The van der Waals surface area contributed by atoms with Gasteiger partial charge < -0.3 is 19.7 Å². The third-order valence-corrected chi connectivity index (χ3v) is 8.80. The van der Waals surface area contributed by atoms with Crippen LogP contribution in [0, 0.1) is 0 Å². The third-order valence-electron chi connectivity index (χ3n) is 6.94. The smallest absolute Gasteiger partial charge is 0.317 e. The average molecular weight is 466 g/mol. The minimum atomic E-state index is -3.58. The van der Waals surface area contributed by atoms with Crippen molar-refractivity contribution in [2.45, 2.75) is 62.3 Å². The normalized spacial score (nSPS) is 21.5. The Labute approximate surface area is 190 Å². The van der Waals surface area contributed by atoms with Gasteiger partial charge in [0.15, 0.2) is 0 Å². The highest BCUT2D eigenvalue weighted by atomic mass is 32.2. The molecule has 3 amide bonds. The second kappa shape index (κ2) is 9.82. The van der Waals surface area contributed by atoms with Crippen LogP contribution in [0.5, 0.6) is 0 Å². The number of nitrogens with zero attached hydrogens (tertiary/aromatic N) is 4. The van der Waals surface area contributed by atoms with Crippen LogP contribution in [0.25, 0.3) is 0 Å². The predicted molar refractivity (Wildman–Crippen MR) is 121 cm³/mol. The molecule has 0 atom stereocenters. The number of urea groups is 1. The Morgan fingerprint density at radius 1 is 0.875 bits per heavy atom. The van der Waals surface area contributed by atoms with Crippen molar-refractivity contribution >= 4 is 22.0 Å². The zero-order chi connectivity index (χ0) is 22.7. The molecule has 0 radical (unpaired) electrons. The van der Waals surface area contributed by atoms with Gasteiger partial charge in [0.2, 0.25) is 10.0 Å². The summed E-state index contributed by atoms with van der Waals surface area (Å²) in [6, 6.07) is 1.71. The lowest BCUT2D eigenvalue weighted by atomic mass is 9.96. The molecule has 10 heteroatoms. The lowest BCUT2D eigenvalue weighted by Crippen LogP contribution is -2.54. The lowest BCUT2D eigenvalue weighted by Gasteiger charge is -2.36. The number of hydrogen-bond donors (Lipinski definition) is 1. The number of piperazine rings is 1. The van der Waals surface area contributed by atoms with E-state index in [-0.39, 0.29) is 22.9 Å². The van der Waals surface area contributed by atoms with E-state index < -0.39 is 10.0 Å². The molecule has 0 unspecified atom stereocenters. The van der Waals surface area contributed by atoms with Gasteiger partial charge in [-0.1, -0.05) is 25.7 Å². The molecule has 1 aromatic heterocycles. The van der Waals surface area contributed by atoms with Crippen molar-refractivity contribution in [2.24, 2.45) is 7.05 Å². The molecule has 1 N–H and O–H groups in total. The molecule has 3 heterocycles. The van der Waals surface area contributed by atoms with Crippen LogP contribution in [0.4, 0.5) is 4.79 Å². The van der Waals surface area contributed by atoms with E-state index in [2.05, 4.69) is 5.32 Å². The van der Waals surface area contributed by atoms with Crippen molar-refractivity contribution in [2.75, 3.05) is 39.3 Å². The molecule has 3 fully saturated rings. The first-order chi connectivity index (χ1) is 15.4. The molecule has 0 aromatic carbocycles. The molecule has 32 heavy (non-hydrogen) atoms. The molecule has 2 aliphatic heterocycles. The first-order valence-corrected chi connectivity index (χ1v) is 13.3. The highest BCUT2D eigenvalue weighted by Gasteiger charge is 2.31. The SMILES string of the molecule is Cn1cc(S(=O)(=O)N2CCCCC2)cc1C(=O)N1CCN(C(=O)NC2CCCCC2)CC1. The van der Waals surface area contributed by atoms with Crippen molar-refractivity contribution < 1.29 is 18.0 Å². The van der Waals surface area contributed by atoms with Crippen LogP contribution in [0.2, 0.25) is 0 Å². The van der Waals surface area contributed by atoms with Crippen molar-refractivity contribution in [3.8, 4) is 0 Å². The van der Waals surface area contributed by atoms with Crippen molar-refractivity contribution in [3.63, 3.8) is 0 Å². The lowest BCUT2D eigenvalue weighted by molar-refractivity contribution is 0.0653. The predicted octanol–water partition coefficient (Wildman–Crippen LogP) is 2.00. The van der Waals surface area contributed by atoms with E-state index in [1.807, 2.05) is 0 Å². The fraction of sp³-hybridized carbons (Fsp3) is 0.727. The summed E-state index contributed by atoms with van der Waals surface area (Å²) in [5, 5.41) is 3.13. The third kappa shape index (κ3) is 4.96. The molecular weight excluding hydrogens is 430 g/mol. The Balaban J connectivity index is 1.35. The van der Waals surface area contributed by atoms with Gasteiger partial charge in [0, 0.05) is 58.6 Å². The quantitative estimate of drug-likeness (QED) is 0.736. The van der Waals surface area contributed by atoms with Crippen LogP contribution in [-0.4, -0.2) is 84.3 Å². The first kappa shape index (κ1) is 23.1. The van der Waals surface area contributed by atoms with Gasteiger partial charge in [0.1, 0.15) is 10.6 Å². The molecule has 0 bridgehead atoms. The molecule has 1 saturated carbocycles. The zero-order valence-corrected chi connectivity index (χ0v) is 19.8. The maximum absolute atomic E-state index is 13.1. The number of piperidine rings is 1. The standard InChI is InChI=1S/C22H35N5O4S/c1-24-17-19(32(30,31)27-10-6-3-7-11-27)16-20(24)21(28)25-12-14-26(15-13-25)22(29)23-18-8-4-2-5-9-18/h16-18H,2-15H2,1H3,(H,23,29). The topological polar surface area (TPSA) is 95.0 Å². The largest absolute Gasteiger partial charge is 0.345 e. The molecule has 2 saturated heterocycles. The van der Waals surface area contributed by atoms with Crippen molar-refractivity contribution in [1.82, 2.24) is 24.0 Å². The zero-order valence-electron chi connectivity index (χ0n) is 19.0. The summed E-state index contributed by atoms with van der Waals surface area (Å²) in [5.74, 6) is -0.195. The summed E-state index contributed by atoms with van der Waals surface area (Å²) < 4.78 is 29.1. The summed E-state index contributed by atoms with van der Waals surface area (Å²) in [5.41, 5.74) is 0.362. The summed E-state index contributed by atoms with van der Waals surface area (Å²) >= 11 is 0. The molecule has 178 valence electrons. The second-order valence-electron chi connectivity index (χ2n) is 9.20. The van der Waals surface area contributed by atoms with Crippen LogP contribution in [0.15, 0.2) is 17.2 Å². The Morgan fingerprint density at radius 2 is 1.47 bits per heavy atom. The Morgan fingerprint density at radius 3 is 2.12 bits per heavy atom. The summed E-state index contributed by atoms with van der Waals surface area (Å²) in [6.07, 6.45) is 9.99. The van der Waals surface area contributed by atoms with Crippen molar-refractivity contribution in [3.05, 3.63) is 18.0 Å². The van der Waals surface area contributed by atoms with Crippen LogP contribution in [0.1, 0.15) is 61.9 Å². The van der Waals surface area contributed by atoms with Crippen LogP contribution < -0.4 is 5.32 Å². The van der Waals surface area contributed by atoms with E-state index in [4.69, 9.17) is 0 Å². The second-order valence-corrected chi connectivity index (χ2v) is 11.1. The summed E-state index contributed by atoms with van der Waals surface area (Å²) in [7, 11) is -1.88. The number of amides is 3. The van der Waals surface area contributed by atoms with Crippen molar-refractivity contribution in [1.29, 1.82) is 0 Å². The average Bonchev–Trinajstić information content (AvgIpc) is 3.22. The molecule has 4 rings (SSSR count). The van der Waals surface area contributed by atoms with E-state index in [1.165, 1.54) is 35.8 Å². The van der Waals surface area contributed by atoms with E-state index in [9.17, 15) is 18.0 Å². The number of hydrogen-bond acceptors (Lipinski definition) is 4. The van der Waals surface area contributed by atoms with Crippen LogP contribution >= 0.6 is 0 Å². The molecule has 1 aliphatic carbocycles.